The molecule has 26 heavy (non-hydrogen) atoms. The molecule has 2 aromatic heterocycles. The van der Waals surface area contributed by atoms with E-state index >= 15 is 0 Å². The number of pyridine rings is 2. The summed E-state index contributed by atoms with van der Waals surface area (Å²) in [4.78, 5) is 20.8. The number of carbonyl (C=O) groups excluding carboxylic acids is 1. The first-order valence-corrected chi connectivity index (χ1v) is 8.58. The van der Waals surface area contributed by atoms with Crippen molar-refractivity contribution < 1.29 is 4.79 Å². The summed E-state index contributed by atoms with van der Waals surface area (Å²) in [7, 11) is 0. The Morgan fingerprint density at radius 3 is 2.81 bits per heavy atom. The molecule has 0 aliphatic heterocycles. The predicted octanol–water partition coefficient (Wildman–Crippen LogP) is 4.19. The molecule has 3 aromatic rings. The van der Waals surface area contributed by atoms with Crippen LogP contribution in [0, 0.1) is 25.2 Å². The maximum Gasteiger partial charge on any atom is 0.181 e. The van der Waals surface area contributed by atoms with Crippen molar-refractivity contribution in [2.24, 2.45) is 0 Å². The number of carbonyl (C=O) groups is 1. The Kier molecular flexibility index (Phi) is 5.23. The molecule has 1 N–H and O–H groups in total. The maximum atomic E-state index is 12.1. The van der Waals surface area contributed by atoms with E-state index in [0.29, 0.717) is 36.5 Å². The largest absolute Gasteiger partial charge is 0.369 e. The minimum atomic E-state index is 0.0191. The van der Waals surface area contributed by atoms with E-state index in [0.717, 1.165) is 22.0 Å². The van der Waals surface area contributed by atoms with Crippen LogP contribution in [-0.4, -0.2) is 22.3 Å². The van der Waals surface area contributed by atoms with Gasteiger partial charge in [0.05, 0.1) is 11.1 Å². The molecule has 2 heterocycles. The summed E-state index contributed by atoms with van der Waals surface area (Å²) in [6.45, 7) is 4.62. The number of nitrogens with zero attached hydrogens (tertiary/aromatic N) is 3. The van der Waals surface area contributed by atoms with Crippen LogP contribution in [0.3, 0.4) is 0 Å². The predicted molar refractivity (Wildman–Crippen MR) is 102 cm³/mol. The average molecular weight is 344 g/mol. The standard InChI is InChI=1S/C21H20N4O/c1-14-10-15(2)17-12-16(13-22)21(25-19(17)11-14)24-9-5-7-20(26)18-6-3-4-8-23-18/h3-4,6,8,10-12H,5,7,9H2,1-2H3,(H,24,25). The van der Waals surface area contributed by atoms with Crippen LogP contribution in [0.25, 0.3) is 10.9 Å². The third kappa shape index (κ3) is 3.86. The van der Waals surface area contributed by atoms with E-state index in [4.69, 9.17) is 0 Å². The van der Waals surface area contributed by atoms with E-state index in [2.05, 4.69) is 27.4 Å². The summed E-state index contributed by atoms with van der Waals surface area (Å²) in [5, 5.41) is 13.6. The maximum absolute atomic E-state index is 12.1. The molecule has 0 radical (unpaired) electrons. The van der Waals surface area contributed by atoms with E-state index in [1.165, 1.54) is 0 Å². The number of hydrogen-bond donors (Lipinski definition) is 1. The van der Waals surface area contributed by atoms with Crippen LogP contribution >= 0.6 is 0 Å². The van der Waals surface area contributed by atoms with Gasteiger partial charge in [0.1, 0.15) is 17.6 Å². The number of nitrogens with one attached hydrogen (secondary N) is 1. The lowest BCUT2D eigenvalue weighted by Gasteiger charge is -2.10. The molecule has 0 aliphatic carbocycles. The number of anilines is 1. The minimum absolute atomic E-state index is 0.0191. The fourth-order valence-electron chi connectivity index (χ4n) is 2.96. The number of aromatic nitrogens is 2. The molecule has 0 saturated carbocycles. The highest BCUT2D eigenvalue weighted by atomic mass is 16.1. The number of nitriles is 1. The SMILES string of the molecule is Cc1cc(C)c2cc(C#N)c(NCCCC(=O)c3ccccn3)nc2c1. The smallest absolute Gasteiger partial charge is 0.181 e. The van der Waals surface area contributed by atoms with Crippen molar-refractivity contribution in [3.05, 3.63) is 65.0 Å². The number of Topliss-reactive ketones (excluding diaryl/α,β-unsaturated/α-hetero) is 1. The summed E-state index contributed by atoms with van der Waals surface area (Å²) in [5.41, 5.74) is 4.12. The zero-order valence-electron chi connectivity index (χ0n) is 14.9. The van der Waals surface area contributed by atoms with Crippen molar-refractivity contribution in [3.63, 3.8) is 0 Å². The quantitative estimate of drug-likeness (QED) is 0.536. The molecule has 0 unspecified atom stereocenters. The van der Waals surface area contributed by atoms with Gasteiger partial charge < -0.3 is 5.32 Å². The van der Waals surface area contributed by atoms with E-state index in [1.807, 2.05) is 26.0 Å². The van der Waals surface area contributed by atoms with Gasteiger partial charge in [-0.1, -0.05) is 12.1 Å². The second-order valence-corrected chi connectivity index (χ2v) is 6.31. The van der Waals surface area contributed by atoms with Gasteiger partial charge in [-0.05, 0) is 55.7 Å². The van der Waals surface area contributed by atoms with Gasteiger partial charge in [0.25, 0.3) is 0 Å². The summed E-state index contributed by atoms with van der Waals surface area (Å²) in [5.74, 6) is 0.584. The topological polar surface area (TPSA) is 78.7 Å². The molecule has 130 valence electrons. The number of fused-ring (bicyclic) bond motifs is 1. The third-order valence-corrected chi connectivity index (χ3v) is 4.23. The molecule has 0 fully saturated rings. The number of rotatable bonds is 6. The Balaban J connectivity index is 1.69. The Morgan fingerprint density at radius 1 is 1.23 bits per heavy atom. The molecular formula is C21H20N4O. The van der Waals surface area contributed by atoms with Crippen LogP contribution in [0.2, 0.25) is 0 Å². The Bertz CT molecular complexity index is 990. The lowest BCUT2D eigenvalue weighted by atomic mass is 10.0. The third-order valence-electron chi connectivity index (χ3n) is 4.23. The molecule has 1 aromatic carbocycles. The van der Waals surface area contributed by atoms with Gasteiger partial charge in [0, 0.05) is 24.5 Å². The summed E-state index contributed by atoms with van der Waals surface area (Å²) in [6.07, 6.45) is 2.66. The lowest BCUT2D eigenvalue weighted by molar-refractivity contribution is 0.0976. The first-order chi connectivity index (χ1) is 12.6. The van der Waals surface area contributed by atoms with Crippen molar-refractivity contribution in [3.8, 4) is 6.07 Å². The number of ketones is 1. The Morgan fingerprint density at radius 2 is 2.08 bits per heavy atom. The zero-order valence-corrected chi connectivity index (χ0v) is 14.9. The highest BCUT2D eigenvalue weighted by Crippen LogP contribution is 2.24. The Labute approximate surface area is 152 Å². The average Bonchev–Trinajstić information content (AvgIpc) is 2.65. The van der Waals surface area contributed by atoms with Crippen molar-refractivity contribution in [1.82, 2.24) is 9.97 Å². The van der Waals surface area contributed by atoms with Gasteiger partial charge in [-0.2, -0.15) is 5.26 Å². The van der Waals surface area contributed by atoms with E-state index in [-0.39, 0.29) is 5.78 Å². The molecule has 0 saturated heterocycles. The summed E-state index contributed by atoms with van der Waals surface area (Å²) < 4.78 is 0. The molecule has 0 aliphatic rings. The van der Waals surface area contributed by atoms with Crippen LogP contribution in [-0.2, 0) is 0 Å². The van der Waals surface area contributed by atoms with Crippen molar-refractivity contribution in [2.45, 2.75) is 26.7 Å². The molecule has 3 rings (SSSR count). The van der Waals surface area contributed by atoms with E-state index in [9.17, 15) is 10.1 Å². The van der Waals surface area contributed by atoms with Crippen LogP contribution in [0.5, 0.6) is 0 Å². The summed E-state index contributed by atoms with van der Waals surface area (Å²) >= 11 is 0. The van der Waals surface area contributed by atoms with Crippen LogP contribution in [0.4, 0.5) is 5.82 Å². The van der Waals surface area contributed by atoms with Gasteiger partial charge in [-0.3, -0.25) is 9.78 Å². The van der Waals surface area contributed by atoms with Crippen LogP contribution in [0.15, 0.2) is 42.6 Å². The second kappa shape index (κ2) is 7.75. The molecule has 0 bridgehead atoms. The van der Waals surface area contributed by atoms with Gasteiger partial charge in [0.15, 0.2) is 5.78 Å². The van der Waals surface area contributed by atoms with Crippen molar-refractivity contribution in [2.75, 3.05) is 11.9 Å². The monoisotopic (exact) mass is 344 g/mol. The molecule has 5 nitrogen and oxygen atoms in total. The highest BCUT2D eigenvalue weighted by molar-refractivity contribution is 5.94. The molecule has 0 amide bonds. The number of aryl methyl sites for hydroxylation is 2. The number of benzene rings is 1. The molecular weight excluding hydrogens is 324 g/mol. The fraction of sp³-hybridized carbons (Fsp3) is 0.238. The lowest BCUT2D eigenvalue weighted by Crippen LogP contribution is -2.09. The van der Waals surface area contributed by atoms with Crippen molar-refractivity contribution in [1.29, 1.82) is 5.26 Å². The molecule has 5 heteroatoms. The van der Waals surface area contributed by atoms with Gasteiger partial charge >= 0.3 is 0 Å². The van der Waals surface area contributed by atoms with E-state index in [1.54, 1.807) is 24.4 Å². The highest BCUT2D eigenvalue weighted by Gasteiger charge is 2.10. The molecule has 0 atom stereocenters. The van der Waals surface area contributed by atoms with Gasteiger partial charge in [-0.25, -0.2) is 4.98 Å². The first kappa shape index (κ1) is 17.6. The summed E-state index contributed by atoms with van der Waals surface area (Å²) in [6, 6.07) is 13.5. The normalized spacial score (nSPS) is 10.5. The minimum Gasteiger partial charge on any atom is -0.369 e. The van der Waals surface area contributed by atoms with Crippen LogP contribution in [0.1, 0.15) is 40.0 Å². The first-order valence-electron chi connectivity index (χ1n) is 8.58. The number of hydrogen-bond acceptors (Lipinski definition) is 5. The fourth-order valence-corrected chi connectivity index (χ4v) is 2.96. The molecule has 0 spiro atoms. The Hall–Kier alpha value is -3.26. The van der Waals surface area contributed by atoms with Gasteiger partial charge in [-0.15, -0.1) is 0 Å². The van der Waals surface area contributed by atoms with Gasteiger partial charge in [0.2, 0.25) is 0 Å². The second-order valence-electron chi connectivity index (χ2n) is 6.31. The zero-order chi connectivity index (χ0) is 18.5. The van der Waals surface area contributed by atoms with Crippen LogP contribution < -0.4 is 5.32 Å². The van der Waals surface area contributed by atoms with E-state index < -0.39 is 0 Å². The van der Waals surface area contributed by atoms with Crippen molar-refractivity contribution >= 4 is 22.5 Å².